The van der Waals surface area contributed by atoms with Gasteiger partial charge in [0.05, 0.1) is 6.54 Å². The standard InChI is InChI=1S/C11H21N3O/c12-10-3-7-13(8-4-10)9-11(15)14-5-1-2-6-14/h10H,1-9,12H2. The quantitative estimate of drug-likeness (QED) is 0.701. The third kappa shape index (κ3) is 2.92. The number of hydrogen-bond acceptors (Lipinski definition) is 3. The Kier molecular flexibility index (Phi) is 3.59. The maximum absolute atomic E-state index is 11.8. The molecule has 0 spiro atoms. The molecule has 0 radical (unpaired) electrons. The summed E-state index contributed by atoms with van der Waals surface area (Å²) in [6.07, 6.45) is 4.42. The summed E-state index contributed by atoms with van der Waals surface area (Å²) in [5.41, 5.74) is 5.83. The molecule has 0 aromatic rings. The van der Waals surface area contributed by atoms with Gasteiger partial charge in [0.25, 0.3) is 0 Å². The fraction of sp³-hybridized carbons (Fsp3) is 0.909. The summed E-state index contributed by atoms with van der Waals surface area (Å²) in [4.78, 5) is 16.1. The van der Waals surface area contributed by atoms with Crippen molar-refractivity contribution in [2.45, 2.75) is 31.7 Å². The summed E-state index contributed by atoms with van der Waals surface area (Å²) in [5, 5.41) is 0. The van der Waals surface area contributed by atoms with Gasteiger partial charge in [-0.05, 0) is 25.7 Å². The van der Waals surface area contributed by atoms with E-state index in [9.17, 15) is 4.79 Å². The van der Waals surface area contributed by atoms with Crippen LogP contribution in [0.3, 0.4) is 0 Å². The highest BCUT2D eigenvalue weighted by atomic mass is 16.2. The molecular formula is C11H21N3O. The molecule has 86 valence electrons. The minimum atomic E-state index is 0.308. The number of nitrogens with zero attached hydrogens (tertiary/aromatic N) is 2. The highest BCUT2D eigenvalue weighted by Gasteiger charge is 2.22. The molecule has 0 unspecified atom stereocenters. The molecule has 2 saturated heterocycles. The highest BCUT2D eigenvalue weighted by Crippen LogP contribution is 2.11. The fourth-order valence-corrected chi connectivity index (χ4v) is 2.37. The van der Waals surface area contributed by atoms with Gasteiger partial charge in [-0.3, -0.25) is 9.69 Å². The summed E-state index contributed by atoms with van der Waals surface area (Å²) in [7, 11) is 0. The molecule has 0 bridgehead atoms. The van der Waals surface area contributed by atoms with Crippen LogP contribution in [0.25, 0.3) is 0 Å². The first-order valence-corrected chi connectivity index (χ1v) is 6.01. The summed E-state index contributed by atoms with van der Waals surface area (Å²) in [6, 6.07) is 0.350. The molecule has 2 rings (SSSR count). The van der Waals surface area contributed by atoms with E-state index in [2.05, 4.69) is 4.90 Å². The van der Waals surface area contributed by atoms with Crippen molar-refractivity contribution in [1.82, 2.24) is 9.80 Å². The molecule has 2 heterocycles. The van der Waals surface area contributed by atoms with E-state index in [0.717, 1.165) is 39.0 Å². The van der Waals surface area contributed by atoms with Crippen molar-refractivity contribution >= 4 is 5.91 Å². The van der Waals surface area contributed by atoms with Gasteiger partial charge in [0.2, 0.25) is 5.91 Å². The topological polar surface area (TPSA) is 49.6 Å². The number of carbonyl (C=O) groups excluding carboxylic acids is 1. The Morgan fingerprint density at radius 3 is 2.33 bits per heavy atom. The first-order valence-electron chi connectivity index (χ1n) is 6.01. The van der Waals surface area contributed by atoms with Crippen molar-refractivity contribution < 1.29 is 4.79 Å². The first kappa shape index (κ1) is 10.9. The van der Waals surface area contributed by atoms with Crippen LogP contribution in [-0.2, 0) is 4.79 Å². The SMILES string of the molecule is NC1CCN(CC(=O)N2CCCC2)CC1. The average molecular weight is 211 g/mol. The maximum Gasteiger partial charge on any atom is 0.236 e. The predicted molar refractivity (Wildman–Crippen MR) is 59.5 cm³/mol. The second-order valence-electron chi connectivity index (χ2n) is 4.70. The molecule has 4 nitrogen and oxygen atoms in total. The van der Waals surface area contributed by atoms with Crippen LogP contribution >= 0.6 is 0 Å². The monoisotopic (exact) mass is 211 g/mol. The van der Waals surface area contributed by atoms with E-state index in [1.165, 1.54) is 12.8 Å². The molecule has 2 aliphatic heterocycles. The minimum Gasteiger partial charge on any atom is -0.342 e. The Labute approximate surface area is 91.4 Å². The average Bonchev–Trinajstić information content (AvgIpc) is 2.74. The van der Waals surface area contributed by atoms with Gasteiger partial charge in [-0.15, -0.1) is 0 Å². The van der Waals surface area contributed by atoms with E-state index in [-0.39, 0.29) is 0 Å². The molecule has 0 saturated carbocycles. The van der Waals surface area contributed by atoms with Crippen molar-refractivity contribution in [2.75, 3.05) is 32.7 Å². The van der Waals surface area contributed by atoms with Crippen molar-refractivity contribution in [3.8, 4) is 0 Å². The van der Waals surface area contributed by atoms with Crippen LogP contribution in [0, 0.1) is 0 Å². The third-order valence-corrected chi connectivity index (χ3v) is 3.45. The van der Waals surface area contributed by atoms with E-state index in [1.54, 1.807) is 0 Å². The van der Waals surface area contributed by atoms with Gasteiger partial charge >= 0.3 is 0 Å². The largest absolute Gasteiger partial charge is 0.342 e. The number of piperidine rings is 1. The van der Waals surface area contributed by atoms with Crippen molar-refractivity contribution in [1.29, 1.82) is 0 Å². The molecule has 2 N–H and O–H groups in total. The minimum absolute atomic E-state index is 0.308. The normalized spacial score (nSPS) is 24.7. The van der Waals surface area contributed by atoms with Crippen LogP contribution in [0.4, 0.5) is 0 Å². The van der Waals surface area contributed by atoms with Gasteiger partial charge in [-0.25, -0.2) is 0 Å². The van der Waals surface area contributed by atoms with Gasteiger partial charge in [0.1, 0.15) is 0 Å². The molecular weight excluding hydrogens is 190 g/mol. The predicted octanol–water partition coefficient (Wildman–Crippen LogP) is 0.0319. The molecule has 2 aliphatic rings. The number of hydrogen-bond donors (Lipinski definition) is 1. The van der Waals surface area contributed by atoms with Gasteiger partial charge in [0.15, 0.2) is 0 Å². The lowest BCUT2D eigenvalue weighted by Gasteiger charge is -2.30. The van der Waals surface area contributed by atoms with Crippen LogP contribution in [0.2, 0.25) is 0 Å². The molecule has 2 fully saturated rings. The summed E-state index contributed by atoms with van der Waals surface area (Å²) in [5.74, 6) is 0.308. The van der Waals surface area contributed by atoms with Crippen LogP contribution in [-0.4, -0.2) is 54.5 Å². The third-order valence-electron chi connectivity index (χ3n) is 3.45. The van der Waals surface area contributed by atoms with Crippen LogP contribution in [0.1, 0.15) is 25.7 Å². The van der Waals surface area contributed by atoms with E-state index in [0.29, 0.717) is 18.5 Å². The van der Waals surface area contributed by atoms with Gasteiger partial charge in [-0.2, -0.15) is 0 Å². The molecule has 15 heavy (non-hydrogen) atoms. The zero-order valence-corrected chi connectivity index (χ0v) is 9.32. The maximum atomic E-state index is 11.8. The van der Waals surface area contributed by atoms with Crippen LogP contribution < -0.4 is 5.73 Å². The smallest absolute Gasteiger partial charge is 0.236 e. The molecule has 0 aliphatic carbocycles. The molecule has 0 atom stereocenters. The summed E-state index contributed by atoms with van der Waals surface area (Å²) >= 11 is 0. The van der Waals surface area contributed by atoms with Gasteiger partial charge < -0.3 is 10.6 Å². The van der Waals surface area contributed by atoms with E-state index < -0.39 is 0 Å². The van der Waals surface area contributed by atoms with Crippen molar-refractivity contribution in [3.63, 3.8) is 0 Å². The van der Waals surface area contributed by atoms with E-state index >= 15 is 0 Å². The van der Waals surface area contributed by atoms with Crippen LogP contribution in [0.15, 0.2) is 0 Å². The zero-order valence-electron chi connectivity index (χ0n) is 9.32. The van der Waals surface area contributed by atoms with Crippen molar-refractivity contribution in [2.24, 2.45) is 5.73 Å². The Morgan fingerprint density at radius 2 is 1.73 bits per heavy atom. The lowest BCUT2D eigenvalue weighted by molar-refractivity contribution is -0.131. The number of likely N-dealkylation sites (tertiary alicyclic amines) is 2. The van der Waals surface area contributed by atoms with Gasteiger partial charge in [-0.1, -0.05) is 0 Å². The lowest BCUT2D eigenvalue weighted by Crippen LogP contribution is -2.45. The Bertz CT molecular complexity index is 218. The molecule has 0 aromatic heterocycles. The molecule has 1 amide bonds. The lowest BCUT2D eigenvalue weighted by atomic mass is 10.1. The summed E-state index contributed by atoms with van der Waals surface area (Å²) in [6.45, 7) is 4.51. The molecule has 4 heteroatoms. The van der Waals surface area contributed by atoms with Crippen molar-refractivity contribution in [3.05, 3.63) is 0 Å². The Balaban J connectivity index is 1.74. The van der Waals surface area contributed by atoms with Gasteiger partial charge in [0, 0.05) is 32.2 Å². The zero-order chi connectivity index (χ0) is 10.7. The van der Waals surface area contributed by atoms with E-state index in [1.807, 2.05) is 4.90 Å². The van der Waals surface area contributed by atoms with Crippen LogP contribution in [0.5, 0.6) is 0 Å². The number of nitrogens with two attached hydrogens (primary N) is 1. The fourth-order valence-electron chi connectivity index (χ4n) is 2.37. The second-order valence-corrected chi connectivity index (χ2v) is 4.70. The molecule has 0 aromatic carbocycles. The second kappa shape index (κ2) is 4.94. The number of amides is 1. The highest BCUT2D eigenvalue weighted by molar-refractivity contribution is 5.78. The number of rotatable bonds is 2. The Hall–Kier alpha value is -0.610. The first-order chi connectivity index (χ1) is 7.25. The number of carbonyl (C=O) groups is 1. The Morgan fingerprint density at radius 1 is 1.13 bits per heavy atom. The summed E-state index contributed by atoms with van der Waals surface area (Å²) < 4.78 is 0. The van der Waals surface area contributed by atoms with E-state index in [4.69, 9.17) is 5.73 Å².